The Morgan fingerprint density at radius 3 is 2.35 bits per heavy atom. The van der Waals surface area contributed by atoms with Crippen molar-refractivity contribution in [3.05, 3.63) is 0 Å². The summed E-state index contributed by atoms with van der Waals surface area (Å²) in [4.78, 5) is 29.8. The molecule has 4 aliphatic rings. The summed E-state index contributed by atoms with van der Waals surface area (Å²) in [5, 5.41) is 6.68. The highest BCUT2D eigenvalue weighted by atomic mass is 16.2. The predicted octanol–water partition coefficient (Wildman–Crippen LogP) is 1.95. The van der Waals surface area contributed by atoms with Crippen LogP contribution in [0.3, 0.4) is 0 Å². The Morgan fingerprint density at radius 2 is 1.58 bits per heavy atom. The van der Waals surface area contributed by atoms with Crippen LogP contribution in [-0.2, 0) is 4.79 Å². The third-order valence-electron chi connectivity index (χ3n) is 7.25. The highest BCUT2D eigenvalue weighted by Gasteiger charge is 2.51. The van der Waals surface area contributed by atoms with E-state index < -0.39 is 0 Å². The molecule has 0 unspecified atom stereocenters. The molecule has 2 heterocycles. The SMILES string of the molecule is O=C(NC1CCCCC1)N1CCN(C(=O)[C@@]23CCCC[C@H]2CNC3)CC1. The number of hydrogen-bond donors (Lipinski definition) is 2. The first-order valence-electron chi connectivity index (χ1n) is 10.7. The average molecular weight is 363 g/mol. The topological polar surface area (TPSA) is 64.7 Å². The minimum Gasteiger partial charge on any atom is -0.339 e. The standard InChI is InChI=1S/C20H34N4O2/c25-18(20-9-5-4-6-16(20)14-21-15-20)23-10-12-24(13-11-23)19(26)22-17-7-2-1-3-8-17/h16-17,21H,1-15H2,(H,22,26)/t16-,20+/m0/s1. The van der Waals surface area contributed by atoms with E-state index in [0.717, 1.165) is 32.4 Å². The van der Waals surface area contributed by atoms with Gasteiger partial charge in [0.2, 0.25) is 5.91 Å². The lowest BCUT2D eigenvalue weighted by molar-refractivity contribution is -0.146. The van der Waals surface area contributed by atoms with Crippen LogP contribution in [0.25, 0.3) is 0 Å². The summed E-state index contributed by atoms with van der Waals surface area (Å²) in [6.45, 7) is 4.54. The van der Waals surface area contributed by atoms with Crippen molar-refractivity contribution in [3.8, 4) is 0 Å². The second-order valence-corrected chi connectivity index (χ2v) is 8.79. The number of fused-ring (bicyclic) bond motifs is 1. The van der Waals surface area contributed by atoms with E-state index >= 15 is 0 Å². The summed E-state index contributed by atoms with van der Waals surface area (Å²) >= 11 is 0. The van der Waals surface area contributed by atoms with Gasteiger partial charge in [0.05, 0.1) is 5.41 Å². The molecule has 146 valence electrons. The van der Waals surface area contributed by atoms with Gasteiger partial charge in [-0.05, 0) is 38.1 Å². The number of hydrogen-bond acceptors (Lipinski definition) is 3. The van der Waals surface area contributed by atoms with E-state index in [1.165, 1.54) is 38.5 Å². The number of urea groups is 1. The van der Waals surface area contributed by atoms with Gasteiger partial charge in [-0.15, -0.1) is 0 Å². The maximum absolute atomic E-state index is 13.3. The van der Waals surface area contributed by atoms with Crippen molar-refractivity contribution in [2.75, 3.05) is 39.3 Å². The molecule has 2 aliphatic carbocycles. The highest BCUT2D eigenvalue weighted by Crippen LogP contribution is 2.45. The number of carbonyl (C=O) groups excluding carboxylic acids is 2. The Kier molecular flexibility index (Phi) is 5.39. The lowest BCUT2D eigenvalue weighted by atomic mass is 9.67. The number of nitrogens with one attached hydrogen (secondary N) is 2. The van der Waals surface area contributed by atoms with Crippen molar-refractivity contribution in [2.24, 2.45) is 11.3 Å². The largest absolute Gasteiger partial charge is 0.339 e. The molecule has 2 saturated heterocycles. The van der Waals surface area contributed by atoms with Gasteiger partial charge in [-0.3, -0.25) is 4.79 Å². The van der Waals surface area contributed by atoms with Crippen LogP contribution in [0.5, 0.6) is 0 Å². The lowest BCUT2D eigenvalue weighted by Gasteiger charge is -2.43. The van der Waals surface area contributed by atoms with E-state index in [9.17, 15) is 9.59 Å². The molecule has 2 atom stereocenters. The van der Waals surface area contributed by atoms with Crippen molar-refractivity contribution in [1.82, 2.24) is 20.4 Å². The van der Waals surface area contributed by atoms with Gasteiger partial charge in [0, 0.05) is 38.8 Å². The fraction of sp³-hybridized carbons (Fsp3) is 0.900. The number of piperazine rings is 1. The van der Waals surface area contributed by atoms with E-state index in [0.29, 0.717) is 44.0 Å². The second-order valence-electron chi connectivity index (χ2n) is 8.79. The summed E-state index contributed by atoms with van der Waals surface area (Å²) < 4.78 is 0. The van der Waals surface area contributed by atoms with Crippen LogP contribution < -0.4 is 10.6 Å². The molecule has 0 aromatic carbocycles. The molecule has 0 aromatic rings. The Morgan fingerprint density at radius 1 is 0.885 bits per heavy atom. The summed E-state index contributed by atoms with van der Waals surface area (Å²) in [5.74, 6) is 0.857. The summed E-state index contributed by atoms with van der Waals surface area (Å²) in [6.07, 6.45) is 10.6. The molecule has 3 amide bonds. The number of rotatable bonds is 2. The first-order valence-corrected chi connectivity index (χ1v) is 10.7. The molecule has 4 rings (SSSR count). The van der Waals surface area contributed by atoms with Crippen molar-refractivity contribution in [3.63, 3.8) is 0 Å². The van der Waals surface area contributed by atoms with Crippen LogP contribution in [0.15, 0.2) is 0 Å². The summed E-state index contributed by atoms with van der Waals surface area (Å²) in [7, 11) is 0. The molecular formula is C20H34N4O2. The van der Waals surface area contributed by atoms with Gasteiger partial charge < -0.3 is 20.4 Å². The zero-order valence-electron chi connectivity index (χ0n) is 16.0. The van der Waals surface area contributed by atoms with Gasteiger partial charge in [-0.25, -0.2) is 4.79 Å². The lowest BCUT2D eigenvalue weighted by Crippen LogP contribution is -2.58. The molecule has 2 aliphatic heterocycles. The van der Waals surface area contributed by atoms with E-state index in [1.54, 1.807) is 0 Å². The van der Waals surface area contributed by atoms with Crippen LogP contribution in [0.1, 0.15) is 57.8 Å². The maximum atomic E-state index is 13.3. The zero-order valence-corrected chi connectivity index (χ0v) is 16.0. The Hall–Kier alpha value is -1.30. The van der Waals surface area contributed by atoms with Crippen LogP contribution >= 0.6 is 0 Å². The number of carbonyl (C=O) groups is 2. The van der Waals surface area contributed by atoms with E-state index in [4.69, 9.17) is 0 Å². The first-order chi connectivity index (χ1) is 12.7. The van der Waals surface area contributed by atoms with Crippen molar-refractivity contribution < 1.29 is 9.59 Å². The van der Waals surface area contributed by atoms with Gasteiger partial charge >= 0.3 is 6.03 Å². The van der Waals surface area contributed by atoms with Gasteiger partial charge in [0.25, 0.3) is 0 Å². The van der Waals surface area contributed by atoms with Crippen LogP contribution in [0.4, 0.5) is 4.79 Å². The van der Waals surface area contributed by atoms with Crippen molar-refractivity contribution in [1.29, 1.82) is 0 Å². The molecule has 6 heteroatoms. The summed E-state index contributed by atoms with van der Waals surface area (Å²) in [6, 6.07) is 0.419. The molecule has 0 radical (unpaired) electrons. The molecule has 6 nitrogen and oxygen atoms in total. The van der Waals surface area contributed by atoms with Crippen LogP contribution in [0, 0.1) is 11.3 Å². The third-order valence-corrected chi connectivity index (χ3v) is 7.25. The molecule has 0 spiro atoms. The minimum absolute atomic E-state index is 0.0697. The summed E-state index contributed by atoms with van der Waals surface area (Å²) in [5.41, 5.74) is -0.162. The number of amides is 3. The minimum atomic E-state index is -0.162. The maximum Gasteiger partial charge on any atom is 0.317 e. The van der Waals surface area contributed by atoms with E-state index in [-0.39, 0.29) is 11.4 Å². The van der Waals surface area contributed by atoms with Crippen molar-refractivity contribution >= 4 is 11.9 Å². The third kappa shape index (κ3) is 3.45. The molecule has 2 saturated carbocycles. The van der Waals surface area contributed by atoms with Crippen LogP contribution in [0.2, 0.25) is 0 Å². The molecular weight excluding hydrogens is 328 g/mol. The fourth-order valence-corrected chi connectivity index (χ4v) is 5.61. The highest BCUT2D eigenvalue weighted by molar-refractivity contribution is 5.84. The molecule has 0 bridgehead atoms. The van der Waals surface area contributed by atoms with Crippen molar-refractivity contribution in [2.45, 2.75) is 63.8 Å². The normalized spacial score (nSPS) is 33.0. The van der Waals surface area contributed by atoms with Gasteiger partial charge in [-0.2, -0.15) is 0 Å². The average Bonchev–Trinajstić information content (AvgIpc) is 3.13. The monoisotopic (exact) mass is 362 g/mol. The Bertz CT molecular complexity index is 526. The van der Waals surface area contributed by atoms with E-state index in [2.05, 4.69) is 10.6 Å². The first kappa shape index (κ1) is 18.1. The van der Waals surface area contributed by atoms with Gasteiger partial charge in [-0.1, -0.05) is 32.1 Å². The molecule has 2 N–H and O–H groups in total. The molecule has 4 fully saturated rings. The van der Waals surface area contributed by atoms with Gasteiger partial charge in [0.1, 0.15) is 0 Å². The number of nitrogens with zero attached hydrogens (tertiary/aromatic N) is 2. The predicted molar refractivity (Wildman–Crippen MR) is 101 cm³/mol. The fourth-order valence-electron chi connectivity index (χ4n) is 5.61. The van der Waals surface area contributed by atoms with E-state index in [1.807, 2.05) is 9.80 Å². The smallest absolute Gasteiger partial charge is 0.317 e. The zero-order chi connectivity index (χ0) is 18.0. The second kappa shape index (κ2) is 7.75. The van der Waals surface area contributed by atoms with Crippen LogP contribution in [-0.4, -0.2) is 67.0 Å². The molecule has 26 heavy (non-hydrogen) atoms. The quantitative estimate of drug-likeness (QED) is 0.789. The Balaban J connectivity index is 1.30. The molecule has 0 aromatic heterocycles. The van der Waals surface area contributed by atoms with Gasteiger partial charge in [0.15, 0.2) is 0 Å². The Labute approximate surface area is 157 Å².